The Kier molecular flexibility index (Phi) is 7.18. The predicted octanol–water partition coefficient (Wildman–Crippen LogP) is 3.85. The third-order valence-corrected chi connectivity index (χ3v) is 5.37. The van der Waals surface area contributed by atoms with Gasteiger partial charge in [0.2, 0.25) is 5.91 Å². The molecule has 2 amide bonds. The molecule has 0 saturated heterocycles. The van der Waals surface area contributed by atoms with Crippen LogP contribution in [0.4, 0.5) is 0 Å². The number of ether oxygens (including phenoxy) is 1. The van der Waals surface area contributed by atoms with Crippen LogP contribution in [0.25, 0.3) is 0 Å². The lowest BCUT2D eigenvalue weighted by atomic mass is 9.99. The van der Waals surface area contributed by atoms with Gasteiger partial charge in [-0.05, 0) is 36.1 Å². The van der Waals surface area contributed by atoms with Crippen molar-refractivity contribution in [3.63, 3.8) is 0 Å². The van der Waals surface area contributed by atoms with Crippen molar-refractivity contribution >= 4 is 35.0 Å². The van der Waals surface area contributed by atoms with Crippen LogP contribution in [-0.2, 0) is 22.6 Å². The second-order valence-corrected chi connectivity index (χ2v) is 7.47. The summed E-state index contributed by atoms with van der Waals surface area (Å²) in [6, 6.07) is 13.0. The molecule has 1 N–H and O–H groups in total. The average Bonchev–Trinajstić information content (AvgIpc) is 2.71. The first-order valence-corrected chi connectivity index (χ1v) is 9.97. The van der Waals surface area contributed by atoms with Gasteiger partial charge in [0.15, 0.2) is 6.61 Å². The SMILES string of the molecule is O=C(COc1ccc(Cl)c(Cl)c1)NCCCC(=O)N1CCc2ccccc2C1. The summed E-state index contributed by atoms with van der Waals surface area (Å²) in [5.41, 5.74) is 2.54. The van der Waals surface area contributed by atoms with Gasteiger partial charge in [-0.15, -0.1) is 0 Å². The lowest BCUT2D eigenvalue weighted by Gasteiger charge is -2.29. The number of hydrogen-bond donors (Lipinski definition) is 1. The molecule has 1 aliphatic heterocycles. The second-order valence-electron chi connectivity index (χ2n) is 6.65. The first kappa shape index (κ1) is 20.5. The predicted molar refractivity (Wildman–Crippen MR) is 110 cm³/mol. The standard InChI is InChI=1S/C21H22Cl2N2O3/c22-18-8-7-17(12-19(18)23)28-14-20(26)24-10-3-6-21(27)25-11-9-15-4-1-2-5-16(15)13-25/h1-2,4-5,7-8,12H,3,6,9-11,13-14H2,(H,24,26). The molecular formula is C21H22Cl2N2O3. The van der Waals surface area contributed by atoms with Crippen molar-refractivity contribution in [2.75, 3.05) is 19.7 Å². The number of carbonyl (C=O) groups excluding carboxylic acids is 2. The number of hydrogen-bond acceptors (Lipinski definition) is 3. The fraction of sp³-hybridized carbons (Fsp3) is 0.333. The highest BCUT2D eigenvalue weighted by Crippen LogP contribution is 2.26. The van der Waals surface area contributed by atoms with Gasteiger partial charge in [0.25, 0.3) is 5.91 Å². The molecule has 0 atom stereocenters. The molecule has 7 heteroatoms. The van der Waals surface area contributed by atoms with E-state index in [0.29, 0.717) is 41.7 Å². The molecule has 0 bridgehead atoms. The highest BCUT2D eigenvalue weighted by Gasteiger charge is 2.19. The molecule has 2 aromatic rings. The highest BCUT2D eigenvalue weighted by molar-refractivity contribution is 6.42. The minimum absolute atomic E-state index is 0.116. The summed E-state index contributed by atoms with van der Waals surface area (Å²) in [4.78, 5) is 26.1. The van der Waals surface area contributed by atoms with Crippen LogP contribution in [-0.4, -0.2) is 36.4 Å². The average molecular weight is 421 g/mol. The Morgan fingerprint density at radius 2 is 1.86 bits per heavy atom. The van der Waals surface area contributed by atoms with Crippen LogP contribution in [0.2, 0.25) is 10.0 Å². The van der Waals surface area contributed by atoms with Gasteiger partial charge in [-0.2, -0.15) is 0 Å². The van der Waals surface area contributed by atoms with Gasteiger partial charge in [-0.3, -0.25) is 9.59 Å². The number of fused-ring (bicyclic) bond motifs is 1. The normalized spacial score (nSPS) is 13.0. The Hall–Kier alpha value is -2.24. The van der Waals surface area contributed by atoms with Crippen molar-refractivity contribution in [3.8, 4) is 5.75 Å². The van der Waals surface area contributed by atoms with Crippen molar-refractivity contribution < 1.29 is 14.3 Å². The molecule has 0 aromatic heterocycles. The van der Waals surface area contributed by atoms with Gasteiger partial charge in [0.05, 0.1) is 10.0 Å². The Morgan fingerprint density at radius 1 is 1.07 bits per heavy atom. The zero-order valence-electron chi connectivity index (χ0n) is 15.4. The number of nitrogens with one attached hydrogen (secondary N) is 1. The monoisotopic (exact) mass is 420 g/mol. The summed E-state index contributed by atoms with van der Waals surface area (Å²) in [5, 5.41) is 3.56. The van der Waals surface area contributed by atoms with E-state index in [1.54, 1.807) is 18.2 Å². The molecule has 3 rings (SSSR count). The maximum atomic E-state index is 12.4. The van der Waals surface area contributed by atoms with E-state index in [0.717, 1.165) is 13.0 Å². The van der Waals surface area contributed by atoms with Gasteiger partial charge in [-0.25, -0.2) is 0 Å². The first-order chi connectivity index (χ1) is 13.5. The Balaban J connectivity index is 1.33. The quantitative estimate of drug-likeness (QED) is 0.691. The van der Waals surface area contributed by atoms with Crippen molar-refractivity contribution in [3.05, 3.63) is 63.6 Å². The minimum Gasteiger partial charge on any atom is -0.484 e. The lowest BCUT2D eigenvalue weighted by molar-refractivity contribution is -0.132. The van der Waals surface area contributed by atoms with Crippen LogP contribution in [0.15, 0.2) is 42.5 Å². The molecular weight excluding hydrogens is 399 g/mol. The summed E-state index contributed by atoms with van der Waals surface area (Å²) in [6.07, 6.45) is 1.90. The minimum atomic E-state index is -0.245. The number of rotatable bonds is 7. The van der Waals surface area contributed by atoms with E-state index in [2.05, 4.69) is 17.4 Å². The molecule has 0 radical (unpaired) electrons. The van der Waals surface area contributed by atoms with Crippen LogP contribution >= 0.6 is 23.2 Å². The summed E-state index contributed by atoms with van der Waals surface area (Å²) < 4.78 is 5.38. The number of amides is 2. The number of nitrogens with zero attached hydrogens (tertiary/aromatic N) is 1. The van der Waals surface area contributed by atoms with E-state index < -0.39 is 0 Å². The smallest absolute Gasteiger partial charge is 0.257 e. The van der Waals surface area contributed by atoms with E-state index in [1.807, 2.05) is 17.0 Å². The zero-order valence-corrected chi connectivity index (χ0v) is 16.9. The summed E-state index contributed by atoms with van der Waals surface area (Å²) in [7, 11) is 0. The van der Waals surface area contributed by atoms with Crippen LogP contribution < -0.4 is 10.1 Å². The van der Waals surface area contributed by atoms with Crippen LogP contribution in [0, 0.1) is 0 Å². The Morgan fingerprint density at radius 3 is 2.64 bits per heavy atom. The summed E-state index contributed by atoms with van der Waals surface area (Å²) in [5.74, 6) is 0.353. The molecule has 0 unspecified atom stereocenters. The lowest BCUT2D eigenvalue weighted by Crippen LogP contribution is -2.36. The molecule has 0 fully saturated rings. The van der Waals surface area contributed by atoms with E-state index in [1.165, 1.54) is 11.1 Å². The van der Waals surface area contributed by atoms with Crippen molar-refractivity contribution in [2.24, 2.45) is 0 Å². The van der Waals surface area contributed by atoms with E-state index in [-0.39, 0.29) is 18.4 Å². The maximum Gasteiger partial charge on any atom is 0.257 e. The van der Waals surface area contributed by atoms with Gasteiger partial charge in [0.1, 0.15) is 5.75 Å². The van der Waals surface area contributed by atoms with Crippen LogP contribution in [0.1, 0.15) is 24.0 Å². The van der Waals surface area contributed by atoms with Crippen molar-refractivity contribution in [1.82, 2.24) is 10.2 Å². The molecule has 0 aliphatic carbocycles. The summed E-state index contributed by atoms with van der Waals surface area (Å²) >= 11 is 11.7. The van der Waals surface area contributed by atoms with Crippen LogP contribution in [0.3, 0.4) is 0 Å². The molecule has 1 aliphatic rings. The third kappa shape index (κ3) is 5.63. The Bertz CT molecular complexity index is 857. The second kappa shape index (κ2) is 9.80. The fourth-order valence-electron chi connectivity index (χ4n) is 3.10. The Labute approximate surface area is 174 Å². The molecule has 1 heterocycles. The van der Waals surface area contributed by atoms with Gasteiger partial charge >= 0.3 is 0 Å². The first-order valence-electron chi connectivity index (χ1n) is 9.22. The van der Waals surface area contributed by atoms with E-state index >= 15 is 0 Å². The van der Waals surface area contributed by atoms with Crippen molar-refractivity contribution in [1.29, 1.82) is 0 Å². The maximum absolute atomic E-state index is 12.4. The van der Waals surface area contributed by atoms with E-state index in [9.17, 15) is 9.59 Å². The van der Waals surface area contributed by atoms with E-state index in [4.69, 9.17) is 27.9 Å². The fourth-order valence-corrected chi connectivity index (χ4v) is 3.39. The molecule has 5 nitrogen and oxygen atoms in total. The van der Waals surface area contributed by atoms with Crippen molar-refractivity contribution in [2.45, 2.75) is 25.8 Å². The molecule has 148 valence electrons. The van der Waals surface area contributed by atoms with Gasteiger partial charge < -0.3 is 15.0 Å². The molecule has 28 heavy (non-hydrogen) atoms. The topological polar surface area (TPSA) is 58.6 Å². The highest BCUT2D eigenvalue weighted by atomic mass is 35.5. The molecule has 0 spiro atoms. The third-order valence-electron chi connectivity index (χ3n) is 4.63. The molecule has 2 aromatic carbocycles. The largest absolute Gasteiger partial charge is 0.484 e. The number of benzene rings is 2. The number of carbonyl (C=O) groups is 2. The van der Waals surface area contributed by atoms with Crippen LogP contribution in [0.5, 0.6) is 5.75 Å². The summed E-state index contributed by atoms with van der Waals surface area (Å²) in [6.45, 7) is 1.73. The van der Waals surface area contributed by atoms with Gasteiger partial charge in [-0.1, -0.05) is 47.5 Å². The van der Waals surface area contributed by atoms with Gasteiger partial charge in [0, 0.05) is 32.1 Å². The molecule has 0 saturated carbocycles. The number of halogens is 2. The zero-order chi connectivity index (χ0) is 19.9.